The van der Waals surface area contributed by atoms with E-state index in [0.29, 0.717) is 31.1 Å². The van der Waals surface area contributed by atoms with Gasteiger partial charge in [0.05, 0.1) is 12.2 Å². The first-order chi connectivity index (χ1) is 8.79. The molecule has 100 valence electrons. The lowest BCUT2D eigenvalue weighted by atomic mass is 10.1. The van der Waals surface area contributed by atoms with Gasteiger partial charge in [-0.05, 0) is 25.5 Å². The molecule has 1 aromatic rings. The SMILES string of the molecule is CCOc1ccccc1C(=O)COCCCOC. The highest BCUT2D eigenvalue weighted by atomic mass is 16.5. The van der Waals surface area contributed by atoms with Gasteiger partial charge in [-0.3, -0.25) is 4.79 Å². The number of hydrogen-bond acceptors (Lipinski definition) is 4. The van der Waals surface area contributed by atoms with Gasteiger partial charge >= 0.3 is 0 Å². The quantitative estimate of drug-likeness (QED) is 0.500. The highest BCUT2D eigenvalue weighted by Crippen LogP contribution is 2.18. The first-order valence-electron chi connectivity index (χ1n) is 6.11. The summed E-state index contributed by atoms with van der Waals surface area (Å²) in [7, 11) is 1.64. The number of Topliss-reactive ketones (excluding diaryl/α,β-unsaturated/α-hetero) is 1. The van der Waals surface area contributed by atoms with Crippen LogP contribution in [0.25, 0.3) is 0 Å². The van der Waals surface area contributed by atoms with Crippen LogP contribution < -0.4 is 4.74 Å². The van der Waals surface area contributed by atoms with Crippen molar-refractivity contribution in [2.75, 3.05) is 33.5 Å². The summed E-state index contributed by atoms with van der Waals surface area (Å²) in [4.78, 5) is 11.9. The first kappa shape index (κ1) is 14.7. The molecule has 0 aliphatic carbocycles. The van der Waals surface area contributed by atoms with Crippen molar-refractivity contribution in [3.05, 3.63) is 29.8 Å². The molecule has 4 nitrogen and oxygen atoms in total. The number of carbonyl (C=O) groups excluding carboxylic acids is 1. The molecule has 18 heavy (non-hydrogen) atoms. The summed E-state index contributed by atoms with van der Waals surface area (Å²) in [5.74, 6) is 0.557. The molecule has 0 amide bonds. The van der Waals surface area contributed by atoms with E-state index < -0.39 is 0 Å². The highest BCUT2D eigenvalue weighted by molar-refractivity contribution is 5.99. The molecule has 4 heteroatoms. The molecule has 0 spiro atoms. The van der Waals surface area contributed by atoms with Gasteiger partial charge in [0.15, 0.2) is 5.78 Å². The lowest BCUT2D eigenvalue weighted by Gasteiger charge is -2.09. The summed E-state index contributed by atoms with van der Waals surface area (Å²) < 4.78 is 15.6. The molecule has 0 heterocycles. The molecular weight excluding hydrogens is 232 g/mol. The van der Waals surface area contributed by atoms with E-state index in [1.54, 1.807) is 19.2 Å². The van der Waals surface area contributed by atoms with Gasteiger partial charge in [-0.25, -0.2) is 0 Å². The van der Waals surface area contributed by atoms with Gasteiger partial charge in [-0.1, -0.05) is 12.1 Å². The van der Waals surface area contributed by atoms with Crippen LogP contribution >= 0.6 is 0 Å². The van der Waals surface area contributed by atoms with Crippen LogP contribution in [0.5, 0.6) is 5.75 Å². The van der Waals surface area contributed by atoms with Crippen LogP contribution in [0, 0.1) is 0 Å². The van der Waals surface area contributed by atoms with Crippen molar-refractivity contribution in [3.63, 3.8) is 0 Å². The zero-order valence-electron chi connectivity index (χ0n) is 11.0. The third-order valence-corrected chi connectivity index (χ3v) is 2.36. The van der Waals surface area contributed by atoms with Crippen molar-refractivity contribution in [2.45, 2.75) is 13.3 Å². The third kappa shape index (κ3) is 4.85. The number of para-hydroxylation sites is 1. The summed E-state index contributed by atoms with van der Waals surface area (Å²) >= 11 is 0. The fraction of sp³-hybridized carbons (Fsp3) is 0.500. The van der Waals surface area contributed by atoms with Gasteiger partial charge in [0.1, 0.15) is 12.4 Å². The Morgan fingerprint density at radius 1 is 1.22 bits per heavy atom. The van der Waals surface area contributed by atoms with E-state index in [2.05, 4.69) is 0 Å². The maximum atomic E-state index is 11.9. The second-order valence-electron chi connectivity index (χ2n) is 3.75. The molecular formula is C14H20O4. The van der Waals surface area contributed by atoms with E-state index in [4.69, 9.17) is 14.2 Å². The zero-order valence-corrected chi connectivity index (χ0v) is 11.0. The second kappa shape index (κ2) is 8.66. The van der Waals surface area contributed by atoms with Crippen molar-refractivity contribution in [3.8, 4) is 5.75 Å². The van der Waals surface area contributed by atoms with Gasteiger partial charge in [-0.15, -0.1) is 0 Å². The van der Waals surface area contributed by atoms with Crippen LogP contribution in [0.15, 0.2) is 24.3 Å². The van der Waals surface area contributed by atoms with E-state index in [9.17, 15) is 4.79 Å². The van der Waals surface area contributed by atoms with Crippen molar-refractivity contribution in [1.82, 2.24) is 0 Å². The molecule has 0 bridgehead atoms. The van der Waals surface area contributed by atoms with Gasteiger partial charge in [0.2, 0.25) is 0 Å². The maximum Gasteiger partial charge on any atom is 0.192 e. The molecule has 1 aromatic carbocycles. The fourth-order valence-corrected chi connectivity index (χ4v) is 1.53. The monoisotopic (exact) mass is 252 g/mol. The minimum absolute atomic E-state index is 0.0588. The summed E-state index contributed by atoms with van der Waals surface area (Å²) in [5.41, 5.74) is 0.575. The van der Waals surface area contributed by atoms with Gasteiger partial charge in [0.25, 0.3) is 0 Å². The molecule has 0 radical (unpaired) electrons. The summed E-state index contributed by atoms with van der Waals surface area (Å²) in [5, 5.41) is 0. The average molecular weight is 252 g/mol. The molecule has 1 rings (SSSR count). The Kier molecular flexibility index (Phi) is 7.06. The van der Waals surface area contributed by atoms with Crippen molar-refractivity contribution < 1.29 is 19.0 Å². The van der Waals surface area contributed by atoms with E-state index in [1.807, 2.05) is 19.1 Å². The summed E-state index contributed by atoms with van der Waals surface area (Å²) in [6.45, 7) is 3.68. The molecule has 0 atom stereocenters. The van der Waals surface area contributed by atoms with E-state index in [-0.39, 0.29) is 12.4 Å². The largest absolute Gasteiger partial charge is 0.493 e. The van der Waals surface area contributed by atoms with Crippen LogP contribution in [0.1, 0.15) is 23.7 Å². The number of rotatable bonds is 9. The molecule has 0 unspecified atom stereocenters. The second-order valence-corrected chi connectivity index (χ2v) is 3.75. The lowest BCUT2D eigenvalue weighted by Crippen LogP contribution is -2.12. The molecule has 0 saturated carbocycles. The molecule has 0 aliphatic rings. The average Bonchev–Trinajstić information content (AvgIpc) is 2.39. The van der Waals surface area contributed by atoms with Crippen molar-refractivity contribution >= 4 is 5.78 Å². The van der Waals surface area contributed by atoms with E-state index in [1.165, 1.54) is 0 Å². The van der Waals surface area contributed by atoms with Crippen LogP contribution in [-0.4, -0.2) is 39.3 Å². The molecule has 0 saturated heterocycles. The summed E-state index contributed by atoms with van der Waals surface area (Å²) in [6.07, 6.45) is 0.789. The number of methoxy groups -OCH3 is 1. The van der Waals surface area contributed by atoms with Crippen LogP contribution in [0.2, 0.25) is 0 Å². The van der Waals surface area contributed by atoms with Crippen LogP contribution in [-0.2, 0) is 9.47 Å². The smallest absolute Gasteiger partial charge is 0.192 e. The molecule has 0 aromatic heterocycles. The predicted octanol–water partition coefficient (Wildman–Crippen LogP) is 2.32. The normalized spacial score (nSPS) is 10.3. The minimum Gasteiger partial charge on any atom is -0.493 e. The molecule has 0 aliphatic heterocycles. The molecule has 0 fully saturated rings. The minimum atomic E-state index is -0.0588. The van der Waals surface area contributed by atoms with E-state index in [0.717, 1.165) is 6.42 Å². The van der Waals surface area contributed by atoms with Gasteiger partial charge in [-0.2, -0.15) is 0 Å². The predicted molar refractivity (Wildman–Crippen MR) is 69.3 cm³/mol. The topological polar surface area (TPSA) is 44.8 Å². The fourth-order valence-electron chi connectivity index (χ4n) is 1.53. The summed E-state index contributed by atoms with van der Waals surface area (Å²) in [6, 6.07) is 7.22. The highest BCUT2D eigenvalue weighted by Gasteiger charge is 2.11. The Labute approximate surface area is 108 Å². The first-order valence-corrected chi connectivity index (χ1v) is 6.11. The maximum absolute atomic E-state index is 11.9. The Morgan fingerprint density at radius 3 is 2.72 bits per heavy atom. The number of ketones is 1. The van der Waals surface area contributed by atoms with E-state index >= 15 is 0 Å². The Bertz CT molecular complexity index is 363. The van der Waals surface area contributed by atoms with Gasteiger partial charge in [0, 0.05) is 20.3 Å². The number of hydrogen-bond donors (Lipinski definition) is 0. The molecule has 0 N–H and O–H groups in total. The van der Waals surface area contributed by atoms with Crippen LogP contribution in [0.3, 0.4) is 0 Å². The lowest BCUT2D eigenvalue weighted by molar-refractivity contribution is 0.0702. The Morgan fingerprint density at radius 2 is 2.00 bits per heavy atom. The zero-order chi connectivity index (χ0) is 13.2. The van der Waals surface area contributed by atoms with Crippen LogP contribution in [0.4, 0.5) is 0 Å². The third-order valence-electron chi connectivity index (χ3n) is 2.36. The standard InChI is InChI=1S/C14H20O4/c1-3-18-14-8-5-4-7-12(14)13(15)11-17-10-6-9-16-2/h4-5,7-8H,3,6,9-11H2,1-2H3. The van der Waals surface area contributed by atoms with Crippen molar-refractivity contribution in [1.29, 1.82) is 0 Å². The number of benzene rings is 1. The number of carbonyl (C=O) groups is 1. The Balaban J connectivity index is 2.45. The Hall–Kier alpha value is -1.39. The number of ether oxygens (including phenoxy) is 3. The van der Waals surface area contributed by atoms with Gasteiger partial charge < -0.3 is 14.2 Å². The van der Waals surface area contributed by atoms with Crippen molar-refractivity contribution in [2.24, 2.45) is 0 Å².